The number of fused-ring (bicyclic) bond motifs is 1. The summed E-state index contributed by atoms with van der Waals surface area (Å²) in [5.41, 5.74) is 7.02. The average Bonchev–Trinajstić information content (AvgIpc) is 3.42. The van der Waals surface area contributed by atoms with E-state index in [-0.39, 0.29) is 28.6 Å². The minimum Gasteiger partial charge on any atom is -0.383 e. The Morgan fingerprint density at radius 3 is 2.71 bits per heavy atom. The molecule has 156 valence electrons. The molecule has 3 N–H and O–H groups in total. The van der Waals surface area contributed by atoms with Crippen LogP contribution in [0.4, 0.5) is 14.6 Å². The molecule has 2 aromatic carbocycles. The molecule has 0 radical (unpaired) electrons. The van der Waals surface area contributed by atoms with Gasteiger partial charge in [-0.05, 0) is 37.2 Å². The number of nitrogens with one attached hydrogen (secondary N) is 1. The number of halogens is 2. The molecule has 1 unspecified atom stereocenters. The maximum atomic E-state index is 15.2. The Morgan fingerprint density at radius 2 is 1.97 bits per heavy atom. The van der Waals surface area contributed by atoms with E-state index >= 15 is 4.39 Å². The molecule has 9 heteroatoms. The van der Waals surface area contributed by atoms with Crippen LogP contribution in [-0.4, -0.2) is 38.6 Å². The highest BCUT2D eigenvalue weighted by Crippen LogP contribution is 2.34. The topological polar surface area (TPSA) is 98.7 Å². The third-order valence-electron chi connectivity index (χ3n) is 5.50. The lowest BCUT2D eigenvalue weighted by Crippen LogP contribution is -2.15. The molecular weight excluding hydrogens is 402 g/mol. The van der Waals surface area contributed by atoms with E-state index in [2.05, 4.69) is 20.4 Å². The highest BCUT2D eigenvalue weighted by atomic mass is 19.1. The van der Waals surface area contributed by atoms with Gasteiger partial charge < -0.3 is 11.1 Å². The number of carbonyl (C=O) groups is 1. The Bertz CT molecular complexity index is 1310. The normalized spacial score (nSPS) is 16.1. The van der Waals surface area contributed by atoms with Crippen LogP contribution >= 0.6 is 0 Å². The Morgan fingerprint density at radius 1 is 1.13 bits per heavy atom. The van der Waals surface area contributed by atoms with Crippen LogP contribution in [0.5, 0.6) is 0 Å². The van der Waals surface area contributed by atoms with Gasteiger partial charge >= 0.3 is 0 Å². The fraction of sp³-hybridized carbons (Fsp3) is 0.182. The summed E-state index contributed by atoms with van der Waals surface area (Å²) in [6.45, 7) is 1.57. The lowest BCUT2D eigenvalue weighted by atomic mass is 10.00. The molecule has 4 aromatic rings. The number of rotatable bonds is 4. The molecule has 1 atom stereocenters. The Balaban J connectivity index is 1.61. The molecule has 1 saturated heterocycles. The van der Waals surface area contributed by atoms with E-state index in [1.807, 2.05) is 0 Å². The largest absolute Gasteiger partial charge is 0.383 e. The Hall–Kier alpha value is -3.72. The molecule has 0 amide bonds. The molecule has 31 heavy (non-hydrogen) atoms. The fourth-order valence-electron chi connectivity index (χ4n) is 3.94. The van der Waals surface area contributed by atoms with Crippen molar-refractivity contribution in [3.63, 3.8) is 0 Å². The molecule has 7 nitrogen and oxygen atoms in total. The monoisotopic (exact) mass is 420 g/mol. The quantitative estimate of drug-likeness (QED) is 0.492. The number of benzene rings is 2. The van der Waals surface area contributed by atoms with Gasteiger partial charge in [-0.2, -0.15) is 5.10 Å². The van der Waals surface area contributed by atoms with Gasteiger partial charge in [-0.3, -0.25) is 4.79 Å². The van der Waals surface area contributed by atoms with E-state index in [1.165, 1.54) is 36.7 Å². The third kappa shape index (κ3) is 3.23. The minimum absolute atomic E-state index is 0.0410. The fourth-order valence-corrected chi connectivity index (χ4v) is 3.94. The van der Waals surface area contributed by atoms with Crippen LogP contribution in [0.15, 0.2) is 48.8 Å². The zero-order chi connectivity index (χ0) is 21.5. The van der Waals surface area contributed by atoms with Crippen molar-refractivity contribution in [2.24, 2.45) is 0 Å². The number of carbonyl (C=O) groups excluding carboxylic acids is 1. The standard InChI is InChI=1S/C22H18F2N6O/c23-16-4-2-1-3-15(16)20(31)12-5-6-14(17(24)9-12)19-18-21(25)27-11-28-22(18)30(29-19)13-7-8-26-10-13/h1-6,9,11,13,26H,7-8,10H2,(H2,25,27,28). The van der Waals surface area contributed by atoms with Crippen molar-refractivity contribution < 1.29 is 13.6 Å². The molecule has 0 aliphatic carbocycles. The molecule has 3 heterocycles. The summed E-state index contributed by atoms with van der Waals surface area (Å²) in [7, 11) is 0. The number of nitrogens with zero attached hydrogens (tertiary/aromatic N) is 4. The second kappa shape index (κ2) is 7.51. The van der Waals surface area contributed by atoms with E-state index in [1.54, 1.807) is 10.7 Å². The number of anilines is 1. The van der Waals surface area contributed by atoms with Crippen molar-refractivity contribution in [1.82, 2.24) is 25.1 Å². The molecule has 1 aliphatic rings. The Labute approximate surface area is 175 Å². The van der Waals surface area contributed by atoms with Crippen molar-refractivity contribution in [3.05, 3.63) is 71.6 Å². The van der Waals surface area contributed by atoms with Gasteiger partial charge in [0.05, 0.1) is 17.0 Å². The minimum atomic E-state index is -0.665. The summed E-state index contributed by atoms with van der Waals surface area (Å²) in [5, 5.41) is 8.35. The van der Waals surface area contributed by atoms with Crippen LogP contribution in [0.1, 0.15) is 28.4 Å². The third-order valence-corrected chi connectivity index (χ3v) is 5.50. The summed E-state index contributed by atoms with van der Waals surface area (Å²) in [6, 6.07) is 9.67. The second-order valence-corrected chi connectivity index (χ2v) is 7.40. The predicted octanol–water partition coefficient (Wildman–Crippen LogP) is 3.12. The summed E-state index contributed by atoms with van der Waals surface area (Å²) in [4.78, 5) is 21.0. The molecule has 0 spiro atoms. The molecule has 2 aromatic heterocycles. The average molecular weight is 420 g/mol. The lowest BCUT2D eigenvalue weighted by molar-refractivity contribution is 0.103. The van der Waals surface area contributed by atoms with Gasteiger partial charge in [0.15, 0.2) is 11.4 Å². The zero-order valence-electron chi connectivity index (χ0n) is 16.3. The number of nitrogen functional groups attached to an aromatic ring is 1. The Kier molecular flexibility index (Phi) is 4.67. The van der Waals surface area contributed by atoms with Crippen molar-refractivity contribution >= 4 is 22.6 Å². The van der Waals surface area contributed by atoms with Crippen molar-refractivity contribution in [2.75, 3.05) is 18.8 Å². The summed E-state index contributed by atoms with van der Waals surface area (Å²) < 4.78 is 30.9. The smallest absolute Gasteiger partial charge is 0.196 e. The van der Waals surface area contributed by atoms with E-state index in [0.717, 1.165) is 25.6 Å². The van der Waals surface area contributed by atoms with Gasteiger partial charge in [-0.1, -0.05) is 18.2 Å². The van der Waals surface area contributed by atoms with Gasteiger partial charge in [0.2, 0.25) is 0 Å². The summed E-state index contributed by atoms with van der Waals surface area (Å²) in [5.74, 6) is -1.72. The van der Waals surface area contributed by atoms with E-state index < -0.39 is 17.4 Å². The first-order valence-electron chi connectivity index (χ1n) is 9.83. The first-order valence-corrected chi connectivity index (χ1v) is 9.83. The van der Waals surface area contributed by atoms with Gasteiger partial charge in [-0.25, -0.2) is 23.4 Å². The van der Waals surface area contributed by atoms with Gasteiger partial charge in [0, 0.05) is 17.7 Å². The van der Waals surface area contributed by atoms with Crippen LogP contribution in [0.3, 0.4) is 0 Å². The molecule has 0 saturated carbocycles. The van der Waals surface area contributed by atoms with Crippen molar-refractivity contribution in [3.8, 4) is 11.3 Å². The van der Waals surface area contributed by atoms with Crippen LogP contribution < -0.4 is 11.1 Å². The lowest BCUT2D eigenvalue weighted by Gasteiger charge is -2.09. The maximum absolute atomic E-state index is 15.2. The zero-order valence-corrected chi connectivity index (χ0v) is 16.3. The van der Waals surface area contributed by atoms with E-state index in [4.69, 9.17) is 5.73 Å². The number of aromatic nitrogens is 4. The molecular formula is C22H18F2N6O. The highest BCUT2D eigenvalue weighted by molar-refractivity contribution is 6.09. The van der Waals surface area contributed by atoms with Crippen molar-refractivity contribution in [1.29, 1.82) is 0 Å². The molecule has 0 bridgehead atoms. The molecule has 1 fully saturated rings. The summed E-state index contributed by atoms with van der Waals surface area (Å²) in [6.07, 6.45) is 2.22. The van der Waals surface area contributed by atoms with Crippen LogP contribution in [0.2, 0.25) is 0 Å². The van der Waals surface area contributed by atoms with Gasteiger partial charge in [-0.15, -0.1) is 0 Å². The number of ketones is 1. The van der Waals surface area contributed by atoms with Gasteiger partial charge in [0.25, 0.3) is 0 Å². The SMILES string of the molecule is Nc1ncnc2c1c(-c1ccc(C(=O)c3ccccc3F)cc1F)nn2C1CCNC1. The number of nitrogens with two attached hydrogens (primary N) is 1. The van der Waals surface area contributed by atoms with Crippen LogP contribution in [-0.2, 0) is 0 Å². The molecule has 5 rings (SSSR count). The number of hydrogen-bond acceptors (Lipinski definition) is 6. The van der Waals surface area contributed by atoms with Gasteiger partial charge in [0.1, 0.15) is 29.5 Å². The second-order valence-electron chi connectivity index (χ2n) is 7.40. The highest BCUT2D eigenvalue weighted by Gasteiger charge is 2.26. The predicted molar refractivity (Wildman–Crippen MR) is 111 cm³/mol. The summed E-state index contributed by atoms with van der Waals surface area (Å²) >= 11 is 0. The van der Waals surface area contributed by atoms with E-state index in [9.17, 15) is 9.18 Å². The number of hydrogen-bond donors (Lipinski definition) is 2. The first kappa shape index (κ1) is 19.3. The first-order chi connectivity index (χ1) is 15.0. The molecule has 1 aliphatic heterocycles. The maximum Gasteiger partial charge on any atom is 0.196 e. The van der Waals surface area contributed by atoms with Crippen molar-refractivity contribution in [2.45, 2.75) is 12.5 Å². The van der Waals surface area contributed by atoms with E-state index in [0.29, 0.717) is 16.7 Å². The van der Waals surface area contributed by atoms with Crippen LogP contribution in [0, 0.1) is 11.6 Å². The van der Waals surface area contributed by atoms with Crippen LogP contribution in [0.25, 0.3) is 22.3 Å².